The Kier molecular flexibility index (Phi) is 6.93. The summed E-state index contributed by atoms with van der Waals surface area (Å²) in [6, 6.07) is 10.3. The number of carbonyl (C=O) groups excluding carboxylic acids is 4. The maximum absolute atomic E-state index is 12.5. The van der Waals surface area contributed by atoms with E-state index in [4.69, 9.17) is 0 Å². The van der Waals surface area contributed by atoms with E-state index >= 15 is 0 Å². The van der Waals surface area contributed by atoms with Crippen molar-refractivity contribution in [1.29, 1.82) is 0 Å². The second kappa shape index (κ2) is 9.82. The summed E-state index contributed by atoms with van der Waals surface area (Å²) in [6.07, 6.45) is 1.84. The van der Waals surface area contributed by atoms with Gasteiger partial charge in [-0.15, -0.1) is 0 Å². The van der Waals surface area contributed by atoms with Crippen molar-refractivity contribution < 1.29 is 28.8 Å². The second-order valence-corrected chi connectivity index (χ2v) is 7.15. The minimum atomic E-state index is -0.672. The Balaban J connectivity index is 1.44. The monoisotopic (exact) mass is 439 g/mol. The van der Waals surface area contributed by atoms with Crippen LogP contribution in [0.1, 0.15) is 56.8 Å². The molecule has 3 rings (SSSR count). The summed E-state index contributed by atoms with van der Waals surface area (Å²) < 4.78 is 4.62. The summed E-state index contributed by atoms with van der Waals surface area (Å²) >= 11 is 0. The van der Waals surface area contributed by atoms with E-state index in [9.17, 15) is 29.3 Å². The number of unbranched alkanes of at least 4 members (excludes halogenated alkanes) is 2. The molecule has 32 heavy (non-hydrogen) atoms. The molecule has 1 aliphatic heterocycles. The lowest BCUT2D eigenvalue weighted by atomic mass is 10.1. The maximum atomic E-state index is 12.5. The van der Waals surface area contributed by atoms with Gasteiger partial charge in [-0.1, -0.05) is 12.5 Å². The van der Waals surface area contributed by atoms with Gasteiger partial charge in [0.2, 0.25) is 5.91 Å². The van der Waals surface area contributed by atoms with Crippen LogP contribution in [0.2, 0.25) is 0 Å². The Morgan fingerprint density at radius 2 is 1.75 bits per heavy atom. The highest BCUT2D eigenvalue weighted by Crippen LogP contribution is 2.30. The molecule has 0 radical (unpaired) electrons. The van der Waals surface area contributed by atoms with Crippen LogP contribution in [-0.4, -0.2) is 47.2 Å². The van der Waals surface area contributed by atoms with E-state index in [-0.39, 0.29) is 35.7 Å². The van der Waals surface area contributed by atoms with Gasteiger partial charge in [-0.05, 0) is 43.2 Å². The number of carbonyl (C=O) groups is 4. The molecule has 10 heteroatoms. The average Bonchev–Trinajstić information content (AvgIpc) is 3.03. The lowest BCUT2D eigenvalue weighted by Gasteiger charge is -2.13. The number of anilines is 1. The Morgan fingerprint density at radius 3 is 2.41 bits per heavy atom. The first kappa shape index (κ1) is 22.6. The van der Waals surface area contributed by atoms with Crippen molar-refractivity contribution in [1.82, 2.24) is 4.90 Å². The summed E-state index contributed by atoms with van der Waals surface area (Å²) in [5.74, 6) is -1.87. The van der Waals surface area contributed by atoms with Crippen molar-refractivity contribution in [3.8, 4) is 0 Å². The molecule has 1 heterocycles. The summed E-state index contributed by atoms with van der Waals surface area (Å²) in [6.45, 7) is 0.125. The zero-order valence-electron chi connectivity index (χ0n) is 17.3. The first-order valence-electron chi connectivity index (χ1n) is 9.95. The summed E-state index contributed by atoms with van der Waals surface area (Å²) in [5, 5.41) is 13.9. The molecule has 0 atom stereocenters. The minimum Gasteiger partial charge on any atom is -0.465 e. The van der Waals surface area contributed by atoms with Gasteiger partial charge in [0.05, 0.1) is 23.2 Å². The fourth-order valence-electron chi connectivity index (χ4n) is 3.43. The Labute approximate surface area is 183 Å². The Morgan fingerprint density at radius 1 is 1.03 bits per heavy atom. The second-order valence-electron chi connectivity index (χ2n) is 7.15. The molecule has 0 fully saturated rings. The third-order valence-corrected chi connectivity index (χ3v) is 5.05. The summed E-state index contributed by atoms with van der Waals surface area (Å²) in [4.78, 5) is 59.9. The molecule has 3 amide bonds. The number of esters is 1. The molecule has 166 valence electrons. The van der Waals surface area contributed by atoms with Gasteiger partial charge in [0, 0.05) is 24.7 Å². The highest BCUT2D eigenvalue weighted by Gasteiger charge is 2.40. The summed E-state index contributed by atoms with van der Waals surface area (Å²) in [7, 11) is 1.29. The lowest BCUT2D eigenvalue weighted by Crippen LogP contribution is -2.30. The van der Waals surface area contributed by atoms with Gasteiger partial charge in [0.25, 0.3) is 17.5 Å². The van der Waals surface area contributed by atoms with Gasteiger partial charge in [-0.2, -0.15) is 0 Å². The van der Waals surface area contributed by atoms with Gasteiger partial charge in [-0.3, -0.25) is 29.4 Å². The third-order valence-electron chi connectivity index (χ3n) is 5.05. The van der Waals surface area contributed by atoms with Crippen LogP contribution in [-0.2, 0) is 9.53 Å². The number of benzene rings is 2. The quantitative estimate of drug-likeness (QED) is 0.208. The molecule has 2 aromatic rings. The zero-order chi connectivity index (χ0) is 23.3. The van der Waals surface area contributed by atoms with E-state index in [0.29, 0.717) is 30.5 Å². The van der Waals surface area contributed by atoms with Crippen molar-refractivity contribution in [2.75, 3.05) is 19.0 Å². The standard InChI is InChI=1S/C22H21N3O7/c1-32-22(29)14-9-11-15(12-10-14)23-18(26)8-3-2-4-13-24-20(27)16-6-5-7-17(25(30)31)19(16)21(24)28/h5-7,9-12H,2-4,8,13H2,1H3,(H,23,26). The predicted molar refractivity (Wildman–Crippen MR) is 113 cm³/mol. The lowest BCUT2D eigenvalue weighted by molar-refractivity contribution is -0.385. The third kappa shape index (κ3) is 4.80. The molecule has 0 unspecified atom stereocenters. The van der Waals surface area contributed by atoms with E-state index in [1.54, 1.807) is 24.3 Å². The Hall–Kier alpha value is -4.08. The number of methoxy groups -OCH3 is 1. The van der Waals surface area contributed by atoms with Gasteiger partial charge in [0.1, 0.15) is 5.56 Å². The molecule has 0 aromatic heterocycles. The summed E-state index contributed by atoms with van der Waals surface area (Å²) in [5.41, 5.74) is 0.431. The van der Waals surface area contributed by atoms with Crippen LogP contribution in [0.3, 0.4) is 0 Å². The highest BCUT2D eigenvalue weighted by molar-refractivity contribution is 6.23. The normalized spacial score (nSPS) is 12.5. The van der Waals surface area contributed by atoms with E-state index in [1.165, 1.54) is 25.3 Å². The van der Waals surface area contributed by atoms with Crippen molar-refractivity contribution in [2.24, 2.45) is 0 Å². The first-order chi connectivity index (χ1) is 15.3. The molecule has 10 nitrogen and oxygen atoms in total. The minimum absolute atomic E-state index is 0.0433. The SMILES string of the molecule is COC(=O)c1ccc(NC(=O)CCCCCN2C(=O)c3cccc([N+](=O)[O-])c3C2=O)cc1. The maximum Gasteiger partial charge on any atom is 0.337 e. The number of hydrogen-bond donors (Lipinski definition) is 1. The van der Waals surface area contributed by atoms with Gasteiger partial charge >= 0.3 is 5.97 Å². The number of imide groups is 1. The van der Waals surface area contributed by atoms with Crippen molar-refractivity contribution in [3.05, 3.63) is 69.3 Å². The van der Waals surface area contributed by atoms with E-state index < -0.39 is 22.7 Å². The molecule has 1 aliphatic rings. The fourth-order valence-corrected chi connectivity index (χ4v) is 3.43. The molecular weight excluding hydrogens is 418 g/mol. The number of nitrogens with zero attached hydrogens (tertiary/aromatic N) is 2. The van der Waals surface area contributed by atoms with Crippen LogP contribution in [0.15, 0.2) is 42.5 Å². The number of amides is 3. The zero-order valence-corrected chi connectivity index (χ0v) is 17.3. The molecule has 0 spiro atoms. The molecular formula is C22H21N3O7. The Bertz CT molecular complexity index is 1080. The van der Waals surface area contributed by atoms with E-state index in [0.717, 1.165) is 4.90 Å². The highest BCUT2D eigenvalue weighted by atomic mass is 16.6. The van der Waals surface area contributed by atoms with Crippen molar-refractivity contribution in [3.63, 3.8) is 0 Å². The molecule has 0 bridgehead atoms. The number of nitro benzene ring substituents is 1. The van der Waals surface area contributed by atoms with Crippen molar-refractivity contribution >= 4 is 35.1 Å². The van der Waals surface area contributed by atoms with Crippen LogP contribution in [0, 0.1) is 10.1 Å². The fraction of sp³-hybridized carbons (Fsp3) is 0.273. The number of hydrogen-bond acceptors (Lipinski definition) is 7. The predicted octanol–water partition coefficient (Wildman–Crippen LogP) is 3.18. The van der Waals surface area contributed by atoms with Crippen molar-refractivity contribution in [2.45, 2.75) is 25.7 Å². The van der Waals surface area contributed by atoms with Crippen LogP contribution in [0.5, 0.6) is 0 Å². The van der Waals surface area contributed by atoms with Gasteiger partial charge in [0.15, 0.2) is 0 Å². The van der Waals surface area contributed by atoms with Crippen LogP contribution < -0.4 is 5.32 Å². The van der Waals surface area contributed by atoms with E-state index in [1.807, 2.05) is 0 Å². The van der Waals surface area contributed by atoms with Crippen LogP contribution in [0.4, 0.5) is 11.4 Å². The smallest absolute Gasteiger partial charge is 0.337 e. The van der Waals surface area contributed by atoms with E-state index in [2.05, 4.69) is 10.1 Å². The number of rotatable bonds is 9. The number of ether oxygens (including phenoxy) is 1. The first-order valence-corrected chi connectivity index (χ1v) is 9.95. The molecule has 0 saturated heterocycles. The number of nitro groups is 1. The van der Waals surface area contributed by atoms with Crippen LogP contribution in [0.25, 0.3) is 0 Å². The van der Waals surface area contributed by atoms with Gasteiger partial charge in [-0.25, -0.2) is 4.79 Å². The molecule has 0 aliphatic carbocycles. The average molecular weight is 439 g/mol. The topological polar surface area (TPSA) is 136 Å². The number of nitrogens with one attached hydrogen (secondary N) is 1. The number of fused-ring (bicyclic) bond motifs is 1. The largest absolute Gasteiger partial charge is 0.465 e. The molecule has 1 N–H and O–H groups in total. The molecule has 2 aromatic carbocycles. The van der Waals surface area contributed by atoms with Gasteiger partial charge < -0.3 is 10.1 Å². The molecule has 0 saturated carbocycles. The van der Waals surface area contributed by atoms with Crippen LogP contribution >= 0.6 is 0 Å².